The fourth-order valence-electron chi connectivity index (χ4n) is 3.36. The Balaban J connectivity index is 1.82. The van der Waals surface area contributed by atoms with Gasteiger partial charge in [0.05, 0.1) is 17.7 Å². The first-order valence-electron chi connectivity index (χ1n) is 10.0. The highest BCUT2D eigenvalue weighted by Gasteiger charge is 2.26. The van der Waals surface area contributed by atoms with Crippen molar-refractivity contribution in [3.8, 4) is 27.4 Å². The van der Waals surface area contributed by atoms with Crippen LogP contribution in [0.4, 0.5) is 16.6 Å². The van der Waals surface area contributed by atoms with Crippen LogP contribution in [0.15, 0.2) is 66.9 Å². The average Bonchev–Trinajstić information content (AvgIpc) is 3.20. The van der Waals surface area contributed by atoms with Crippen molar-refractivity contribution in [3.05, 3.63) is 72.4 Å². The Bertz CT molecular complexity index is 1240. The molecule has 4 aromatic rings. The first-order chi connectivity index (χ1) is 15.6. The fourth-order valence-corrected chi connectivity index (χ4v) is 4.61. The Morgan fingerprint density at radius 1 is 1.12 bits per heavy atom. The van der Waals surface area contributed by atoms with Gasteiger partial charge in [0.2, 0.25) is 5.95 Å². The van der Waals surface area contributed by atoms with Crippen molar-refractivity contribution in [1.82, 2.24) is 9.97 Å². The van der Waals surface area contributed by atoms with Gasteiger partial charge in [0.15, 0.2) is 0 Å². The second kappa shape index (κ2) is 9.49. The van der Waals surface area contributed by atoms with E-state index in [0.717, 1.165) is 21.9 Å². The third-order valence-electron chi connectivity index (χ3n) is 4.74. The van der Waals surface area contributed by atoms with E-state index in [2.05, 4.69) is 20.6 Å². The van der Waals surface area contributed by atoms with Gasteiger partial charge in [-0.05, 0) is 30.7 Å². The van der Waals surface area contributed by atoms with Gasteiger partial charge in [-0.25, -0.2) is 14.8 Å². The van der Waals surface area contributed by atoms with Crippen molar-refractivity contribution in [1.29, 1.82) is 0 Å². The molecule has 0 aliphatic carbocycles. The van der Waals surface area contributed by atoms with Crippen LogP contribution in [0.25, 0.3) is 21.7 Å². The third kappa shape index (κ3) is 4.40. The number of benzene rings is 2. The molecule has 0 aliphatic rings. The van der Waals surface area contributed by atoms with Crippen LogP contribution in [0, 0.1) is 0 Å². The number of methoxy groups -OCH3 is 1. The first-order valence-corrected chi connectivity index (χ1v) is 10.9. The zero-order chi connectivity index (χ0) is 22.5. The van der Waals surface area contributed by atoms with Gasteiger partial charge < -0.3 is 20.5 Å². The first kappa shape index (κ1) is 21.3. The molecule has 0 atom stereocenters. The third-order valence-corrected chi connectivity index (χ3v) is 5.91. The van der Waals surface area contributed by atoms with Crippen molar-refractivity contribution in [2.45, 2.75) is 6.92 Å². The summed E-state index contributed by atoms with van der Waals surface area (Å²) in [4.78, 5) is 22.0. The van der Waals surface area contributed by atoms with Crippen LogP contribution in [-0.2, 0) is 0 Å². The van der Waals surface area contributed by atoms with Crippen molar-refractivity contribution >= 4 is 33.9 Å². The number of thiophene rings is 1. The zero-order valence-electron chi connectivity index (χ0n) is 17.6. The molecule has 2 aromatic carbocycles. The van der Waals surface area contributed by atoms with Crippen LogP contribution in [0.2, 0.25) is 0 Å². The number of nitrogens with zero attached hydrogens (tertiary/aromatic N) is 2. The van der Waals surface area contributed by atoms with Gasteiger partial charge in [-0.2, -0.15) is 0 Å². The van der Waals surface area contributed by atoms with E-state index in [0.29, 0.717) is 28.8 Å². The highest BCUT2D eigenvalue weighted by molar-refractivity contribution is 7.20. The molecule has 32 heavy (non-hydrogen) atoms. The van der Waals surface area contributed by atoms with Crippen LogP contribution in [0.5, 0.6) is 5.75 Å². The Labute approximate surface area is 189 Å². The number of aromatic carboxylic acids is 1. The average molecular weight is 447 g/mol. The Kier molecular flexibility index (Phi) is 6.32. The number of carboxylic acid groups (broad SMARTS) is 1. The summed E-state index contributed by atoms with van der Waals surface area (Å²) in [6.45, 7) is 2.55. The van der Waals surface area contributed by atoms with Gasteiger partial charge >= 0.3 is 5.97 Å². The second-order valence-electron chi connectivity index (χ2n) is 6.83. The van der Waals surface area contributed by atoms with Gasteiger partial charge in [-0.3, -0.25) is 0 Å². The van der Waals surface area contributed by atoms with Crippen molar-refractivity contribution in [2.24, 2.45) is 0 Å². The topological polar surface area (TPSA) is 96.4 Å². The standard InChI is InChI=1S/C24H22N4O3S/c1-3-25-22-20(23(29)30)19(15-8-5-4-6-9-15)21(32-22)18-12-13-26-24(28-18)27-16-10-7-11-17(14-16)31-2/h4-14,25H,3H2,1-2H3,(H,29,30)(H,26,27,28). The van der Waals surface area contributed by atoms with E-state index < -0.39 is 5.97 Å². The van der Waals surface area contributed by atoms with E-state index in [1.54, 1.807) is 19.4 Å². The molecule has 7 nitrogen and oxygen atoms in total. The molecule has 0 saturated carbocycles. The number of nitrogens with one attached hydrogen (secondary N) is 2. The Morgan fingerprint density at radius 3 is 2.66 bits per heavy atom. The molecule has 4 rings (SSSR count). The molecule has 0 fully saturated rings. The summed E-state index contributed by atoms with van der Waals surface area (Å²) >= 11 is 1.38. The second-order valence-corrected chi connectivity index (χ2v) is 7.85. The highest BCUT2D eigenvalue weighted by atomic mass is 32.1. The van der Waals surface area contributed by atoms with Crippen molar-refractivity contribution in [3.63, 3.8) is 0 Å². The maximum absolute atomic E-state index is 12.2. The quantitative estimate of drug-likeness (QED) is 0.317. The van der Waals surface area contributed by atoms with Crippen LogP contribution in [-0.4, -0.2) is 34.7 Å². The number of hydrogen-bond acceptors (Lipinski definition) is 7. The van der Waals surface area contributed by atoms with E-state index >= 15 is 0 Å². The van der Waals surface area contributed by atoms with E-state index in [1.165, 1.54) is 11.3 Å². The molecular formula is C24H22N4O3S. The molecule has 2 aromatic heterocycles. The molecule has 0 unspecified atom stereocenters. The Hall–Kier alpha value is -3.91. The Morgan fingerprint density at radius 2 is 1.94 bits per heavy atom. The largest absolute Gasteiger partial charge is 0.497 e. The minimum Gasteiger partial charge on any atom is -0.497 e. The van der Waals surface area contributed by atoms with Crippen LogP contribution in [0.3, 0.4) is 0 Å². The summed E-state index contributed by atoms with van der Waals surface area (Å²) in [6, 6.07) is 18.8. The summed E-state index contributed by atoms with van der Waals surface area (Å²) in [6.07, 6.45) is 1.66. The lowest BCUT2D eigenvalue weighted by Crippen LogP contribution is -2.04. The lowest BCUT2D eigenvalue weighted by molar-refractivity contribution is 0.0699. The zero-order valence-corrected chi connectivity index (χ0v) is 18.4. The molecule has 8 heteroatoms. The SMILES string of the molecule is CCNc1sc(-c2ccnc(Nc3cccc(OC)c3)n2)c(-c2ccccc2)c1C(=O)O. The molecule has 162 valence electrons. The van der Waals surface area contributed by atoms with Crippen molar-refractivity contribution in [2.75, 3.05) is 24.3 Å². The summed E-state index contributed by atoms with van der Waals surface area (Å²) in [5.41, 5.74) is 3.14. The van der Waals surface area contributed by atoms with Gasteiger partial charge in [-0.1, -0.05) is 36.4 Å². The molecule has 2 heterocycles. The minimum absolute atomic E-state index is 0.249. The molecule has 0 saturated heterocycles. The summed E-state index contributed by atoms with van der Waals surface area (Å²) < 4.78 is 5.27. The van der Waals surface area contributed by atoms with Gasteiger partial charge in [-0.15, -0.1) is 11.3 Å². The number of aromatic nitrogens is 2. The lowest BCUT2D eigenvalue weighted by Gasteiger charge is -2.09. The molecule has 3 N–H and O–H groups in total. The van der Waals surface area contributed by atoms with E-state index in [-0.39, 0.29) is 5.56 Å². The minimum atomic E-state index is -0.980. The lowest BCUT2D eigenvalue weighted by atomic mass is 10.00. The number of ether oxygens (including phenoxy) is 1. The summed E-state index contributed by atoms with van der Waals surface area (Å²) in [5, 5.41) is 17.0. The fraction of sp³-hybridized carbons (Fsp3) is 0.125. The van der Waals surface area contributed by atoms with Crippen LogP contribution in [0.1, 0.15) is 17.3 Å². The van der Waals surface area contributed by atoms with Crippen LogP contribution >= 0.6 is 11.3 Å². The molecule has 0 bridgehead atoms. The van der Waals surface area contributed by atoms with E-state index in [4.69, 9.17) is 4.74 Å². The number of hydrogen-bond donors (Lipinski definition) is 3. The number of carbonyl (C=O) groups is 1. The molecule has 0 spiro atoms. The summed E-state index contributed by atoms with van der Waals surface area (Å²) in [5.74, 6) is 0.147. The summed E-state index contributed by atoms with van der Waals surface area (Å²) in [7, 11) is 1.61. The molecule has 0 radical (unpaired) electrons. The van der Waals surface area contributed by atoms with Gasteiger partial charge in [0.25, 0.3) is 0 Å². The molecule has 0 aliphatic heterocycles. The smallest absolute Gasteiger partial charge is 0.339 e. The van der Waals surface area contributed by atoms with Crippen molar-refractivity contribution < 1.29 is 14.6 Å². The van der Waals surface area contributed by atoms with Crippen LogP contribution < -0.4 is 15.4 Å². The maximum Gasteiger partial charge on any atom is 0.339 e. The monoisotopic (exact) mass is 446 g/mol. The number of anilines is 3. The maximum atomic E-state index is 12.2. The molecule has 0 amide bonds. The highest BCUT2D eigenvalue weighted by Crippen LogP contribution is 2.45. The predicted octanol–water partition coefficient (Wildman–Crippen LogP) is 5.75. The van der Waals surface area contributed by atoms with E-state index in [9.17, 15) is 9.90 Å². The van der Waals surface area contributed by atoms with E-state index in [1.807, 2.05) is 61.5 Å². The number of rotatable bonds is 8. The van der Waals surface area contributed by atoms with Gasteiger partial charge in [0.1, 0.15) is 16.3 Å². The normalized spacial score (nSPS) is 10.6. The number of carboxylic acids is 1. The molecular weight excluding hydrogens is 424 g/mol. The predicted molar refractivity (Wildman–Crippen MR) is 128 cm³/mol. The van der Waals surface area contributed by atoms with Gasteiger partial charge in [0, 0.05) is 30.1 Å².